The second kappa shape index (κ2) is 13.2. The largest absolute Gasteiger partial charge is 0.494 e. The Hall–Kier alpha value is -3.53. The molecule has 0 saturated carbocycles. The SMILES string of the molecule is CCCCN(CCCC)C(=O)CN1C[C@H](c2cc(OC)c3c(c2)OCO3)[C@H](C(=O)O)[C@H]1c1ccc(OC)c(F)c1. The van der Waals surface area contributed by atoms with Gasteiger partial charge in [0, 0.05) is 31.6 Å². The highest BCUT2D eigenvalue weighted by Gasteiger charge is 2.48. The van der Waals surface area contributed by atoms with Crippen molar-refractivity contribution in [3.8, 4) is 23.0 Å². The lowest BCUT2D eigenvalue weighted by Crippen LogP contribution is -2.42. The molecule has 2 aliphatic rings. The zero-order chi connectivity index (χ0) is 28.8. The van der Waals surface area contributed by atoms with Crippen LogP contribution in [0, 0.1) is 11.7 Å². The molecule has 1 N–H and O–H groups in total. The molecule has 1 fully saturated rings. The Morgan fingerprint density at radius 2 is 1.73 bits per heavy atom. The van der Waals surface area contributed by atoms with Crippen LogP contribution >= 0.6 is 0 Å². The summed E-state index contributed by atoms with van der Waals surface area (Å²) in [6.07, 6.45) is 3.70. The zero-order valence-electron chi connectivity index (χ0n) is 23.7. The number of nitrogens with zero attached hydrogens (tertiary/aromatic N) is 2. The van der Waals surface area contributed by atoms with E-state index in [4.69, 9.17) is 18.9 Å². The van der Waals surface area contributed by atoms with Crippen LogP contribution in [0.25, 0.3) is 0 Å². The fourth-order valence-corrected chi connectivity index (χ4v) is 5.69. The molecule has 1 saturated heterocycles. The summed E-state index contributed by atoms with van der Waals surface area (Å²) < 4.78 is 36.6. The van der Waals surface area contributed by atoms with Crippen LogP contribution in [-0.2, 0) is 9.59 Å². The summed E-state index contributed by atoms with van der Waals surface area (Å²) >= 11 is 0. The van der Waals surface area contributed by atoms with E-state index in [1.807, 2.05) is 9.80 Å². The number of hydrogen-bond acceptors (Lipinski definition) is 7. The van der Waals surface area contributed by atoms with Gasteiger partial charge in [-0.25, -0.2) is 4.39 Å². The highest BCUT2D eigenvalue weighted by Crippen LogP contribution is 2.50. The van der Waals surface area contributed by atoms with Gasteiger partial charge in [-0.15, -0.1) is 0 Å². The predicted molar refractivity (Wildman–Crippen MR) is 147 cm³/mol. The second-order valence-electron chi connectivity index (χ2n) is 10.3. The Kier molecular flexibility index (Phi) is 9.73. The van der Waals surface area contributed by atoms with Crippen molar-refractivity contribution in [2.45, 2.75) is 51.5 Å². The molecule has 2 aromatic rings. The number of carboxylic acids is 1. The number of methoxy groups -OCH3 is 2. The van der Waals surface area contributed by atoms with Gasteiger partial charge in [-0.3, -0.25) is 14.5 Å². The number of carboxylic acid groups (broad SMARTS) is 1. The van der Waals surface area contributed by atoms with Crippen molar-refractivity contribution in [3.63, 3.8) is 0 Å². The molecule has 0 spiro atoms. The van der Waals surface area contributed by atoms with Crippen molar-refractivity contribution in [2.24, 2.45) is 5.92 Å². The quantitative estimate of drug-likeness (QED) is 0.373. The van der Waals surface area contributed by atoms with Crippen LogP contribution in [0.1, 0.15) is 62.6 Å². The Bertz CT molecular complexity index is 1200. The van der Waals surface area contributed by atoms with E-state index in [2.05, 4.69) is 13.8 Å². The van der Waals surface area contributed by atoms with Crippen LogP contribution in [-0.4, -0.2) is 74.0 Å². The van der Waals surface area contributed by atoms with Crippen molar-refractivity contribution < 1.29 is 38.0 Å². The van der Waals surface area contributed by atoms with Crippen LogP contribution < -0.4 is 18.9 Å². The first-order chi connectivity index (χ1) is 19.3. The minimum atomic E-state index is -1.04. The van der Waals surface area contributed by atoms with Crippen LogP contribution in [0.15, 0.2) is 30.3 Å². The normalized spacial score (nSPS) is 20.0. The molecule has 1 amide bonds. The average Bonchev–Trinajstić information content (AvgIpc) is 3.57. The van der Waals surface area contributed by atoms with Crippen LogP contribution in [0.4, 0.5) is 4.39 Å². The molecule has 4 rings (SSSR count). The van der Waals surface area contributed by atoms with Crippen LogP contribution in [0.2, 0.25) is 0 Å². The van der Waals surface area contributed by atoms with Gasteiger partial charge in [-0.05, 0) is 48.2 Å². The topological polar surface area (TPSA) is 97.8 Å². The van der Waals surface area contributed by atoms with Crippen molar-refractivity contribution in [3.05, 3.63) is 47.3 Å². The Morgan fingerprint density at radius 3 is 2.33 bits per heavy atom. The summed E-state index contributed by atoms with van der Waals surface area (Å²) in [5.41, 5.74) is 1.17. The number of halogens is 1. The summed E-state index contributed by atoms with van der Waals surface area (Å²) in [7, 11) is 2.89. The van der Waals surface area contributed by atoms with Gasteiger partial charge in [0.15, 0.2) is 23.1 Å². The first-order valence-corrected chi connectivity index (χ1v) is 13.9. The van der Waals surface area contributed by atoms with E-state index < -0.39 is 29.7 Å². The number of unbranched alkanes of at least 4 members (excludes halogenated alkanes) is 2. The summed E-state index contributed by atoms with van der Waals surface area (Å²) in [4.78, 5) is 30.2. The molecule has 9 nitrogen and oxygen atoms in total. The highest BCUT2D eigenvalue weighted by atomic mass is 19.1. The molecule has 0 aliphatic carbocycles. The standard InChI is InChI=1S/C30H39FN2O7/c1-5-7-11-32(12-8-6-2)26(34)17-33-16-21(20-14-24(38-4)29-25(15-20)39-18-40-29)27(30(35)36)28(33)19-9-10-23(37-3)22(31)13-19/h9-10,13-15,21,27-28H,5-8,11-12,16-18H2,1-4H3,(H,35,36)/t21-,27+,28-/m1/s1. The van der Waals surface area contributed by atoms with E-state index in [1.54, 1.807) is 18.2 Å². The lowest BCUT2D eigenvalue weighted by Gasteiger charge is -2.30. The van der Waals surface area contributed by atoms with E-state index in [1.165, 1.54) is 26.4 Å². The number of ether oxygens (including phenoxy) is 4. The number of amides is 1. The Morgan fingerprint density at radius 1 is 1.02 bits per heavy atom. The molecular weight excluding hydrogens is 519 g/mol. The third kappa shape index (κ3) is 6.11. The maximum absolute atomic E-state index is 14.9. The summed E-state index contributed by atoms with van der Waals surface area (Å²) in [5.74, 6) is -1.71. The number of rotatable bonds is 13. The third-order valence-electron chi connectivity index (χ3n) is 7.76. The van der Waals surface area contributed by atoms with E-state index >= 15 is 0 Å². The average molecular weight is 559 g/mol. The molecule has 2 aliphatic heterocycles. The zero-order valence-corrected chi connectivity index (χ0v) is 23.7. The second-order valence-corrected chi connectivity index (χ2v) is 10.3. The van der Waals surface area contributed by atoms with Gasteiger partial charge >= 0.3 is 5.97 Å². The number of aliphatic carboxylic acids is 1. The van der Waals surface area contributed by atoms with Crippen LogP contribution in [0.5, 0.6) is 23.0 Å². The first kappa shape index (κ1) is 29.5. The fourth-order valence-electron chi connectivity index (χ4n) is 5.69. The van der Waals surface area contributed by atoms with Crippen molar-refractivity contribution in [2.75, 3.05) is 47.2 Å². The molecule has 2 aromatic carbocycles. The molecule has 0 aromatic heterocycles. The molecule has 2 heterocycles. The van der Waals surface area contributed by atoms with Gasteiger partial charge in [-0.2, -0.15) is 0 Å². The first-order valence-electron chi connectivity index (χ1n) is 13.9. The van der Waals surface area contributed by atoms with Gasteiger partial charge in [-0.1, -0.05) is 32.8 Å². The summed E-state index contributed by atoms with van der Waals surface area (Å²) in [6.45, 7) is 5.80. The lowest BCUT2D eigenvalue weighted by atomic mass is 9.82. The number of fused-ring (bicyclic) bond motifs is 1. The van der Waals surface area contributed by atoms with Gasteiger partial charge in [0.25, 0.3) is 0 Å². The smallest absolute Gasteiger partial charge is 0.309 e. The van der Waals surface area contributed by atoms with E-state index in [0.717, 1.165) is 25.7 Å². The highest BCUT2D eigenvalue weighted by molar-refractivity contribution is 5.79. The molecule has 10 heteroatoms. The molecule has 218 valence electrons. The van der Waals surface area contributed by atoms with E-state index in [0.29, 0.717) is 41.5 Å². The van der Waals surface area contributed by atoms with Gasteiger partial charge in [0.2, 0.25) is 18.4 Å². The minimum absolute atomic E-state index is 0.0215. The van der Waals surface area contributed by atoms with Gasteiger partial charge in [0.1, 0.15) is 0 Å². The molecule has 0 unspecified atom stereocenters. The lowest BCUT2D eigenvalue weighted by molar-refractivity contribution is -0.144. The summed E-state index contributed by atoms with van der Waals surface area (Å²) in [6, 6.07) is 7.27. The maximum Gasteiger partial charge on any atom is 0.309 e. The molecular formula is C30H39FN2O7. The van der Waals surface area contributed by atoms with Gasteiger partial charge < -0.3 is 29.0 Å². The predicted octanol–water partition coefficient (Wildman–Crippen LogP) is 4.84. The molecule has 0 bridgehead atoms. The minimum Gasteiger partial charge on any atom is -0.494 e. The van der Waals surface area contributed by atoms with Crippen molar-refractivity contribution in [1.82, 2.24) is 9.80 Å². The van der Waals surface area contributed by atoms with Gasteiger partial charge in [0.05, 0.1) is 26.7 Å². The molecule has 3 atom stereocenters. The maximum atomic E-state index is 14.9. The van der Waals surface area contributed by atoms with Crippen molar-refractivity contribution >= 4 is 11.9 Å². The van der Waals surface area contributed by atoms with E-state index in [9.17, 15) is 19.1 Å². The number of likely N-dealkylation sites (tertiary alicyclic amines) is 1. The Balaban J connectivity index is 1.74. The molecule has 40 heavy (non-hydrogen) atoms. The third-order valence-corrected chi connectivity index (χ3v) is 7.76. The van der Waals surface area contributed by atoms with Crippen LogP contribution in [0.3, 0.4) is 0 Å². The molecule has 0 radical (unpaired) electrons. The van der Waals surface area contributed by atoms with Crippen molar-refractivity contribution in [1.29, 1.82) is 0 Å². The number of carbonyl (C=O) groups excluding carboxylic acids is 1. The monoisotopic (exact) mass is 558 g/mol. The number of carbonyl (C=O) groups is 2. The number of hydrogen-bond donors (Lipinski definition) is 1. The number of benzene rings is 2. The van der Waals surface area contributed by atoms with E-state index in [-0.39, 0.29) is 31.5 Å². The summed E-state index contributed by atoms with van der Waals surface area (Å²) in [5, 5.41) is 10.5. The fraction of sp³-hybridized carbons (Fsp3) is 0.533. The Labute approximate surface area is 234 Å².